The van der Waals surface area contributed by atoms with Gasteiger partial charge in [-0.15, -0.1) is 11.3 Å². The van der Waals surface area contributed by atoms with E-state index >= 15 is 0 Å². The summed E-state index contributed by atoms with van der Waals surface area (Å²) in [6, 6.07) is 0. The molecule has 3 heterocycles. The number of aliphatic imine (C=N–C) groups is 1. The van der Waals surface area contributed by atoms with Crippen molar-refractivity contribution in [2.45, 2.75) is 45.3 Å². The second kappa shape index (κ2) is 8.78. The average Bonchev–Trinajstić information content (AvgIpc) is 3.26. The lowest BCUT2D eigenvalue weighted by molar-refractivity contribution is -0.0817. The van der Waals surface area contributed by atoms with Crippen LogP contribution in [0.5, 0.6) is 0 Å². The molecule has 134 valence electrons. The van der Waals surface area contributed by atoms with E-state index in [0.29, 0.717) is 0 Å². The van der Waals surface area contributed by atoms with Gasteiger partial charge in [0.05, 0.1) is 23.4 Å². The van der Waals surface area contributed by atoms with E-state index in [-0.39, 0.29) is 12.2 Å². The molecule has 2 fully saturated rings. The minimum Gasteiger partial charge on any atom is -0.375 e. The zero-order valence-corrected chi connectivity index (χ0v) is 15.5. The van der Waals surface area contributed by atoms with Crippen molar-refractivity contribution in [1.29, 1.82) is 0 Å². The zero-order chi connectivity index (χ0) is 16.8. The van der Waals surface area contributed by atoms with Gasteiger partial charge in [-0.05, 0) is 26.7 Å². The second-order valence-electron chi connectivity index (χ2n) is 6.25. The van der Waals surface area contributed by atoms with E-state index in [1.165, 1.54) is 0 Å². The van der Waals surface area contributed by atoms with Crippen molar-refractivity contribution >= 4 is 17.3 Å². The van der Waals surface area contributed by atoms with E-state index in [1.54, 1.807) is 11.3 Å². The first-order valence-corrected chi connectivity index (χ1v) is 9.81. The Labute approximate surface area is 148 Å². The number of rotatable bonds is 5. The number of guanidine groups is 1. The van der Waals surface area contributed by atoms with Gasteiger partial charge in [0.2, 0.25) is 0 Å². The lowest BCUT2D eigenvalue weighted by atomic mass is 10.1. The van der Waals surface area contributed by atoms with Crippen LogP contribution in [0.25, 0.3) is 0 Å². The van der Waals surface area contributed by atoms with Gasteiger partial charge in [0.25, 0.3) is 0 Å². The number of nitrogens with zero attached hydrogens (tertiary/aromatic N) is 3. The van der Waals surface area contributed by atoms with E-state index in [2.05, 4.69) is 27.5 Å². The summed E-state index contributed by atoms with van der Waals surface area (Å²) in [5, 5.41) is 6.66. The maximum atomic E-state index is 5.94. The fourth-order valence-corrected chi connectivity index (χ4v) is 3.86. The highest BCUT2D eigenvalue weighted by molar-refractivity contribution is 7.09. The van der Waals surface area contributed by atoms with Crippen molar-refractivity contribution in [3.63, 3.8) is 0 Å². The molecule has 1 aromatic rings. The van der Waals surface area contributed by atoms with Gasteiger partial charge in [0.15, 0.2) is 5.96 Å². The van der Waals surface area contributed by atoms with Gasteiger partial charge in [-0.2, -0.15) is 0 Å². The van der Waals surface area contributed by atoms with Crippen LogP contribution >= 0.6 is 11.3 Å². The van der Waals surface area contributed by atoms with Crippen LogP contribution in [0.1, 0.15) is 30.5 Å². The highest BCUT2D eigenvalue weighted by Crippen LogP contribution is 2.21. The van der Waals surface area contributed by atoms with E-state index < -0.39 is 0 Å². The Morgan fingerprint density at radius 1 is 1.42 bits per heavy atom. The summed E-state index contributed by atoms with van der Waals surface area (Å²) >= 11 is 1.70. The van der Waals surface area contributed by atoms with Crippen LogP contribution in [0, 0.1) is 6.92 Å². The molecule has 0 radical (unpaired) electrons. The van der Waals surface area contributed by atoms with Crippen LogP contribution in [0.3, 0.4) is 0 Å². The summed E-state index contributed by atoms with van der Waals surface area (Å²) in [6.45, 7) is 9.12. The number of aryl methyl sites for hydroxylation is 1. The van der Waals surface area contributed by atoms with Crippen LogP contribution in [-0.4, -0.2) is 67.4 Å². The summed E-state index contributed by atoms with van der Waals surface area (Å²) in [5.41, 5.74) is 1.14. The van der Waals surface area contributed by atoms with Crippen molar-refractivity contribution in [3.8, 4) is 0 Å². The van der Waals surface area contributed by atoms with Gasteiger partial charge >= 0.3 is 0 Å². The summed E-state index contributed by atoms with van der Waals surface area (Å²) in [4.78, 5) is 11.6. The lowest BCUT2D eigenvalue weighted by Crippen LogP contribution is -2.53. The smallest absolute Gasteiger partial charge is 0.194 e. The topological polar surface area (TPSA) is 59.0 Å². The first-order chi connectivity index (χ1) is 11.8. The number of thiazole rings is 1. The van der Waals surface area contributed by atoms with Crippen molar-refractivity contribution in [2.24, 2.45) is 4.99 Å². The third kappa shape index (κ3) is 4.68. The van der Waals surface area contributed by atoms with Gasteiger partial charge in [-0.3, -0.25) is 4.99 Å². The molecule has 0 aromatic carbocycles. The van der Waals surface area contributed by atoms with Crippen LogP contribution < -0.4 is 5.32 Å². The van der Waals surface area contributed by atoms with Crippen LogP contribution in [0.4, 0.5) is 0 Å². The predicted molar refractivity (Wildman–Crippen MR) is 96.8 cm³/mol. The standard InChI is InChI=1S/C17H28N4O2S/c1-3-18-17(19-7-6-14-12-24-13(2)20-14)21-8-10-23-16(11-21)15-5-4-9-22-15/h12,15-16H,3-11H2,1-2H3,(H,18,19). The second-order valence-corrected chi connectivity index (χ2v) is 7.31. The molecule has 24 heavy (non-hydrogen) atoms. The predicted octanol–water partition coefficient (Wildman–Crippen LogP) is 1.84. The largest absolute Gasteiger partial charge is 0.375 e. The number of morpholine rings is 1. The molecular weight excluding hydrogens is 324 g/mol. The molecule has 1 aromatic heterocycles. The quantitative estimate of drug-likeness (QED) is 0.647. The fourth-order valence-electron chi connectivity index (χ4n) is 3.21. The minimum atomic E-state index is 0.159. The van der Waals surface area contributed by atoms with E-state index in [4.69, 9.17) is 14.5 Å². The maximum absolute atomic E-state index is 5.94. The molecule has 2 aliphatic heterocycles. The average molecular weight is 353 g/mol. The number of hydrogen-bond acceptors (Lipinski definition) is 5. The molecule has 2 atom stereocenters. The molecule has 6 nitrogen and oxygen atoms in total. The van der Waals surface area contributed by atoms with E-state index in [0.717, 1.165) is 75.3 Å². The lowest BCUT2D eigenvalue weighted by Gasteiger charge is -2.37. The SMILES string of the molecule is CCNC(=NCCc1csc(C)n1)N1CCOC(C2CCCO2)C1. The molecule has 1 N–H and O–H groups in total. The van der Waals surface area contributed by atoms with Crippen LogP contribution in [-0.2, 0) is 15.9 Å². The minimum absolute atomic E-state index is 0.159. The van der Waals surface area contributed by atoms with E-state index in [9.17, 15) is 0 Å². The molecule has 0 bridgehead atoms. The van der Waals surface area contributed by atoms with Gasteiger partial charge in [-0.1, -0.05) is 0 Å². The molecule has 2 unspecified atom stereocenters. The Morgan fingerprint density at radius 3 is 3.00 bits per heavy atom. The van der Waals surface area contributed by atoms with Gasteiger partial charge in [0, 0.05) is 44.6 Å². The summed E-state index contributed by atoms with van der Waals surface area (Å²) < 4.78 is 11.7. The molecule has 3 rings (SSSR count). The fraction of sp³-hybridized carbons (Fsp3) is 0.765. The summed E-state index contributed by atoms with van der Waals surface area (Å²) in [5.74, 6) is 0.982. The molecule has 0 spiro atoms. The van der Waals surface area contributed by atoms with Crippen molar-refractivity contribution in [3.05, 3.63) is 16.1 Å². The van der Waals surface area contributed by atoms with E-state index in [1.807, 2.05) is 6.92 Å². The molecule has 0 saturated carbocycles. The molecule has 2 saturated heterocycles. The summed E-state index contributed by atoms with van der Waals surface area (Å²) in [7, 11) is 0. The highest BCUT2D eigenvalue weighted by Gasteiger charge is 2.32. The van der Waals surface area contributed by atoms with Gasteiger partial charge in [-0.25, -0.2) is 4.98 Å². The Kier molecular flexibility index (Phi) is 6.45. The van der Waals surface area contributed by atoms with Crippen molar-refractivity contribution < 1.29 is 9.47 Å². The molecular formula is C17H28N4O2S. The van der Waals surface area contributed by atoms with Crippen LogP contribution in [0.15, 0.2) is 10.4 Å². The third-order valence-corrected chi connectivity index (χ3v) is 5.23. The number of hydrogen-bond donors (Lipinski definition) is 1. The zero-order valence-electron chi connectivity index (χ0n) is 14.7. The molecule has 2 aliphatic rings. The Balaban J connectivity index is 1.57. The molecule has 0 aliphatic carbocycles. The first kappa shape index (κ1) is 17.6. The number of nitrogens with one attached hydrogen (secondary N) is 1. The van der Waals surface area contributed by atoms with Crippen LogP contribution in [0.2, 0.25) is 0 Å². The summed E-state index contributed by atoms with van der Waals surface area (Å²) in [6.07, 6.45) is 3.54. The Hall–Kier alpha value is -1.18. The number of aromatic nitrogens is 1. The number of ether oxygens (including phenoxy) is 2. The third-order valence-electron chi connectivity index (χ3n) is 4.40. The molecule has 0 amide bonds. The van der Waals surface area contributed by atoms with Crippen molar-refractivity contribution in [1.82, 2.24) is 15.2 Å². The monoisotopic (exact) mass is 352 g/mol. The first-order valence-electron chi connectivity index (χ1n) is 8.93. The van der Waals surface area contributed by atoms with Gasteiger partial charge in [0.1, 0.15) is 6.10 Å². The normalized spacial score (nSPS) is 25.2. The Bertz CT molecular complexity index is 542. The Morgan fingerprint density at radius 2 is 2.29 bits per heavy atom. The highest BCUT2D eigenvalue weighted by atomic mass is 32.1. The van der Waals surface area contributed by atoms with Crippen molar-refractivity contribution in [2.75, 3.05) is 39.4 Å². The molecule has 7 heteroatoms. The van der Waals surface area contributed by atoms with Gasteiger partial charge < -0.3 is 19.7 Å². The maximum Gasteiger partial charge on any atom is 0.194 e.